The van der Waals surface area contributed by atoms with Crippen molar-refractivity contribution in [1.29, 1.82) is 0 Å². The van der Waals surface area contributed by atoms with Gasteiger partial charge in [-0.1, -0.05) is 23.7 Å². The highest BCUT2D eigenvalue weighted by Gasteiger charge is 2.10. The van der Waals surface area contributed by atoms with E-state index in [1.54, 1.807) is 6.20 Å². The van der Waals surface area contributed by atoms with E-state index in [1.165, 1.54) is 0 Å². The van der Waals surface area contributed by atoms with Crippen molar-refractivity contribution < 1.29 is 4.42 Å². The zero-order valence-corrected chi connectivity index (χ0v) is 11.1. The van der Waals surface area contributed by atoms with E-state index in [9.17, 15) is 0 Å². The Morgan fingerprint density at radius 2 is 2.18 bits per heavy atom. The van der Waals surface area contributed by atoms with Gasteiger partial charge in [-0.2, -0.15) is 0 Å². The number of halogens is 2. The molecule has 0 atom stereocenters. The third-order valence-electron chi connectivity index (χ3n) is 2.54. The van der Waals surface area contributed by atoms with E-state index >= 15 is 0 Å². The van der Waals surface area contributed by atoms with Crippen LogP contribution >= 0.6 is 23.2 Å². The highest BCUT2D eigenvalue weighted by Crippen LogP contribution is 2.30. The predicted octanol–water partition coefficient (Wildman–Crippen LogP) is 4.47. The van der Waals surface area contributed by atoms with Gasteiger partial charge in [0, 0.05) is 17.9 Å². The molecule has 1 aromatic heterocycles. The summed E-state index contributed by atoms with van der Waals surface area (Å²) in [7, 11) is 0. The first-order chi connectivity index (χ1) is 8.22. The minimum Gasteiger partial charge on any atom is -0.441 e. The molecule has 1 aromatic carbocycles. The van der Waals surface area contributed by atoms with Crippen LogP contribution in [0.5, 0.6) is 0 Å². The molecule has 1 heterocycles. The molecule has 0 fully saturated rings. The van der Waals surface area contributed by atoms with Crippen LogP contribution in [0.25, 0.3) is 11.3 Å². The molecule has 0 bridgehead atoms. The Balaban J connectivity index is 2.27. The number of alkyl halides is 1. The number of hydrogen-bond acceptors (Lipinski definition) is 2. The lowest BCUT2D eigenvalue weighted by molar-refractivity contribution is 0.503. The monoisotopic (exact) mass is 269 g/mol. The first-order valence-electron chi connectivity index (χ1n) is 5.48. The average molecular weight is 270 g/mol. The van der Waals surface area contributed by atoms with Crippen LogP contribution in [0.2, 0.25) is 5.02 Å². The van der Waals surface area contributed by atoms with E-state index in [2.05, 4.69) is 4.98 Å². The molecule has 0 saturated heterocycles. The fraction of sp³-hybridized carbons (Fsp3) is 0.308. The van der Waals surface area contributed by atoms with Gasteiger partial charge in [-0.25, -0.2) is 4.98 Å². The van der Waals surface area contributed by atoms with Crippen LogP contribution < -0.4 is 0 Å². The minimum atomic E-state index is 0.614. The van der Waals surface area contributed by atoms with Gasteiger partial charge in [-0.3, -0.25) is 0 Å². The third-order valence-corrected chi connectivity index (χ3v) is 3.30. The maximum atomic E-state index is 6.23. The van der Waals surface area contributed by atoms with Crippen LogP contribution in [0.15, 0.2) is 28.8 Å². The zero-order valence-electron chi connectivity index (χ0n) is 9.54. The summed E-state index contributed by atoms with van der Waals surface area (Å²) in [6.45, 7) is 1.97. The van der Waals surface area contributed by atoms with Crippen molar-refractivity contribution in [2.45, 2.75) is 19.8 Å². The van der Waals surface area contributed by atoms with Gasteiger partial charge in [0.15, 0.2) is 11.7 Å². The van der Waals surface area contributed by atoms with E-state index in [-0.39, 0.29) is 0 Å². The lowest BCUT2D eigenvalue weighted by Gasteiger charge is -2.02. The molecule has 2 aromatic rings. The van der Waals surface area contributed by atoms with Crippen molar-refractivity contribution in [3.8, 4) is 11.3 Å². The Hall–Kier alpha value is -0.990. The molecule has 0 aliphatic carbocycles. The van der Waals surface area contributed by atoms with Crippen LogP contribution in [-0.2, 0) is 6.42 Å². The molecule has 0 unspecified atom stereocenters. The second kappa shape index (κ2) is 5.56. The van der Waals surface area contributed by atoms with Gasteiger partial charge in [0.05, 0.1) is 11.2 Å². The SMILES string of the molecule is Cc1cccc(-c2cnc(CCCCl)o2)c1Cl. The summed E-state index contributed by atoms with van der Waals surface area (Å²) in [5, 5.41) is 0.715. The predicted molar refractivity (Wildman–Crippen MR) is 70.7 cm³/mol. The summed E-state index contributed by atoms with van der Waals surface area (Å²) in [4.78, 5) is 4.22. The molecule has 2 rings (SSSR count). The van der Waals surface area contributed by atoms with Crippen molar-refractivity contribution >= 4 is 23.2 Å². The molecule has 90 valence electrons. The molecular formula is C13H13Cl2NO. The zero-order chi connectivity index (χ0) is 12.3. The molecule has 2 nitrogen and oxygen atoms in total. The normalized spacial score (nSPS) is 10.8. The fourth-order valence-corrected chi connectivity index (χ4v) is 1.96. The van der Waals surface area contributed by atoms with Crippen LogP contribution in [-0.4, -0.2) is 10.9 Å². The molecule has 0 aliphatic rings. The number of hydrogen-bond donors (Lipinski definition) is 0. The first-order valence-corrected chi connectivity index (χ1v) is 6.40. The third kappa shape index (κ3) is 2.82. The Kier molecular flexibility index (Phi) is 4.08. The van der Waals surface area contributed by atoms with Crippen molar-refractivity contribution in [2.24, 2.45) is 0 Å². The van der Waals surface area contributed by atoms with Gasteiger partial charge in [0.25, 0.3) is 0 Å². The van der Waals surface area contributed by atoms with E-state index in [4.69, 9.17) is 27.6 Å². The number of oxazole rings is 1. The number of benzene rings is 1. The standard InChI is InChI=1S/C13H13Cl2NO/c1-9-4-2-5-10(13(9)15)11-8-16-12(17-11)6-3-7-14/h2,4-5,8H,3,6-7H2,1H3. The second-order valence-electron chi connectivity index (χ2n) is 3.85. The van der Waals surface area contributed by atoms with Gasteiger partial charge in [0.1, 0.15) is 0 Å². The first kappa shape index (κ1) is 12.5. The minimum absolute atomic E-state index is 0.614. The van der Waals surface area contributed by atoms with Crippen LogP contribution in [0.4, 0.5) is 0 Å². The molecule has 4 heteroatoms. The van der Waals surface area contributed by atoms with Gasteiger partial charge < -0.3 is 4.42 Å². The quantitative estimate of drug-likeness (QED) is 0.766. The van der Waals surface area contributed by atoms with Gasteiger partial charge >= 0.3 is 0 Å². The van der Waals surface area contributed by atoms with E-state index in [0.29, 0.717) is 22.6 Å². The summed E-state index contributed by atoms with van der Waals surface area (Å²) < 4.78 is 5.65. The summed E-state index contributed by atoms with van der Waals surface area (Å²) in [5.74, 6) is 2.03. The Morgan fingerprint density at radius 3 is 2.94 bits per heavy atom. The lowest BCUT2D eigenvalue weighted by atomic mass is 10.1. The maximum absolute atomic E-state index is 6.23. The molecule has 0 radical (unpaired) electrons. The average Bonchev–Trinajstić information content (AvgIpc) is 2.78. The highest BCUT2D eigenvalue weighted by molar-refractivity contribution is 6.33. The highest BCUT2D eigenvalue weighted by atomic mass is 35.5. The van der Waals surface area contributed by atoms with Crippen molar-refractivity contribution in [1.82, 2.24) is 4.98 Å². The topological polar surface area (TPSA) is 26.0 Å². The smallest absolute Gasteiger partial charge is 0.194 e. The summed E-state index contributed by atoms with van der Waals surface area (Å²) in [5.41, 5.74) is 1.92. The molecule has 0 N–H and O–H groups in total. The van der Waals surface area contributed by atoms with E-state index in [0.717, 1.165) is 24.0 Å². The molecule has 0 amide bonds. The Bertz CT molecular complexity index is 508. The van der Waals surface area contributed by atoms with Crippen molar-refractivity contribution in [2.75, 3.05) is 5.88 Å². The number of nitrogens with zero attached hydrogens (tertiary/aromatic N) is 1. The summed E-state index contributed by atoms with van der Waals surface area (Å²) in [6.07, 6.45) is 3.33. The van der Waals surface area contributed by atoms with Crippen LogP contribution in [0.1, 0.15) is 17.9 Å². The molecule has 17 heavy (non-hydrogen) atoms. The summed E-state index contributed by atoms with van der Waals surface area (Å²) in [6, 6.07) is 5.86. The second-order valence-corrected chi connectivity index (χ2v) is 4.60. The number of rotatable bonds is 4. The Morgan fingerprint density at radius 1 is 1.35 bits per heavy atom. The fourth-order valence-electron chi connectivity index (χ4n) is 1.61. The molecular weight excluding hydrogens is 257 g/mol. The van der Waals surface area contributed by atoms with Crippen molar-refractivity contribution in [3.05, 3.63) is 40.9 Å². The molecule has 0 saturated carbocycles. The largest absolute Gasteiger partial charge is 0.441 e. The molecule has 0 aliphatic heterocycles. The number of aromatic nitrogens is 1. The number of aryl methyl sites for hydroxylation is 2. The van der Waals surface area contributed by atoms with Crippen LogP contribution in [0, 0.1) is 6.92 Å². The van der Waals surface area contributed by atoms with Gasteiger partial charge in [-0.15, -0.1) is 11.6 Å². The summed E-state index contributed by atoms with van der Waals surface area (Å²) >= 11 is 11.9. The Labute approximate surface area is 111 Å². The van der Waals surface area contributed by atoms with Gasteiger partial charge in [-0.05, 0) is 25.0 Å². The van der Waals surface area contributed by atoms with Gasteiger partial charge in [0.2, 0.25) is 0 Å². The lowest BCUT2D eigenvalue weighted by Crippen LogP contribution is -1.84. The van der Waals surface area contributed by atoms with E-state index < -0.39 is 0 Å². The van der Waals surface area contributed by atoms with Crippen LogP contribution in [0.3, 0.4) is 0 Å². The maximum Gasteiger partial charge on any atom is 0.194 e. The molecule has 0 spiro atoms. The van der Waals surface area contributed by atoms with Crippen molar-refractivity contribution in [3.63, 3.8) is 0 Å². The van der Waals surface area contributed by atoms with E-state index in [1.807, 2.05) is 25.1 Å².